The summed E-state index contributed by atoms with van der Waals surface area (Å²) in [4.78, 5) is 0. The molecule has 1 aliphatic carbocycles. The van der Waals surface area contributed by atoms with Crippen LogP contribution in [-0.4, -0.2) is 0 Å². The highest BCUT2D eigenvalue weighted by molar-refractivity contribution is 5.04. The molecule has 1 aliphatic rings. The van der Waals surface area contributed by atoms with Gasteiger partial charge in [0.15, 0.2) is 0 Å². The first-order valence-electron chi connectivity index (χ1n) is 4.00. The van der Waals surface area contributed by atoms with Gasteiger partial charge in [0.2, 0.25) is 0 Å². The minimum Gasteiger partial charge on any atom is -0.193 e. The van der Waals surface area contributed by atoms with Gasteiger partial charge in [0.25, 0.3) is 0 Å². The van der Waals surface area contributed by atoms with Gasteiger partial charge in [0.1, 0.15) is 0 Å². The van der Waals surface area contributed by atoms with Gasteiger partial charge in [0.05, 0.1) is 6.07 Å². The lowest BCUT2D eigenvalue weighted by atomic mass is 9.89. The molecule has 1 rings (SSSR count). The molecule has 0 aromatic heterocycles. The van der Waals surface area contributed by atoms with Gasteiger partial charge in [-0.05, 0) is 18.8 Å². The largest absolute Gasteiger partial charge is 0.193 e. The third-order valence-corrected chi connectivity index (χ3v) is 2.09. The van der Waals surface area contributed by atoms with Crippen molar-refractivity contribution in [2.45, 2.75) is 32.1 Å². The van der Waals surface area contributed by atoms with Crippen LogP contribution in [0.1, 0.15) is 32.1 Å². The summed E-state index contributed by atoms with van der Waals surface area (Å²) in [5, 5.41) is 8.26. The molecular weight excluding hydrogens is 122 g/mol. The predicted molar refractivity (Wildman–Crippen MR) is 41.3 cm³/mol. The maximum atomic E-state index is 8.26. The number of rotatable bonds is 1. The first-order chi connectivity index (χ1) is 4.93. The van der Waals surface area contributed by atoms with Gasteiger partial charge >= 0.3 is 0 Å². The van der Waals surface area contributed by atoms with Gasteiger partial charge in [-0.1, -0.05) is 25.3 Å². The maximum Gasteiger partial charge on any atom is 0.0908 e. The lowest BCUT2D eigenvalue weighted by Crippen LogP contribution is -2.02. The van der Waals surface area contributed by atoms with Crippen LogP contribution in [0.5, 0.6) is 0 Å². The molecule has 0 aliphatic heterocycles. The number of nitriles is 1. The predicted octanol–water partition coefficient (Wildman–Crippen LogP) is 2.65. The third kappa shape index (κ3) is 2.23. The molecule has 0 heterocycles. The van der Waals surface area contributed by atoms with E-state index in [-0.39, 0.29) is 0 Å². The molecule has 0 radical (unpaired) electrons. The first kappa shape index (κ1) is 7.34. The van der Waals surface area contributed by atoms with Crippen LogP contribution in [0.15, 0.2) is 12.2 Å². The second-order valence-corrected chi connectivity index (χ2v) is 2.89. The van der Waals surface area contributed by atoms with Gasteiger partial charge in [-0.15, -0.1) is 0 Å². The van der Waals surface area contributed by atoms with E-state index in [4.69, 9.17) is 5.26 Å². The standard InChI is InChI=1S/C9H13N/c10-8-4-7-9-5-2-1-3-6-9/h4,7,9H,1-3,5-6H2/b7-4+. The molecule has 1 nitrogen and oxygen atoms in total. The Balaban J connectivity index is 2.27. The van der Waals surface area contributed by atoms with E-state index in [0.717, 1.165) is 0 Å². The average Bonchev–Trinajstić information content (AvgIpc) is 2.03. The highest BCUT2D eigenvalue weighted by Gasteiger charge is 2.08. The number of allylic oxidation sites excluding steroid dienone is 2. The van der Waals surface area contributed by atoms with E-state index in [9.17, 15) is 0 Å². The topological polar surface area (TPSA) is 23.8 Å². The Morgan fingerprint density at radius 3 is 2.50 bits per heavy atom. The minimum atomic E-state index is 0.702. The third-order valence-electron chi connectivity index (χ3n) is 2.09. The Labute approximate surface area is 62.4 Å². The van der Waals surface area contributed by atoms with Gasteiger partial charge < -0.3 is 0 Å². The van der Waals surface area contributed by atoms with Crippen LogP contribution in [-0.2, 0) is 0 Å². The summed E-state index contributed by atoms with van der Waals surface area (Å²) in [6.45, 7) is 0. The van der Waals surface area contributed by atoms with E-state index in [0.29, 0.717) is 5.92 Å². The Hall–Kier alpha value is -0.770. The number of hydrogen-bond acceptors (Lipinski definition) is 1. The Morgan fingerprint density at radius 2 is 1.90 bits per heavy atom. The fourth-order valence-corrected chi connectivity index (χ4v) is 1.51. The smallest absolute Gasteiger partial charge is 0.0908 e. The van der Waals surface area contributed by atoms with Crippen LogP contribution < -0.4 is 0 Å². The summed E-state index contributed by atoms with van der Waals surface area (Å²) < 4.78 is 0. The van der Waals surface area contributed by atoms with Crippen LogP contribution in [0.4, 0.5) is 0 Å². The normalized spacial score (nSPS) is 21.1. The van der Waals surface area contributed by atoms with Crippen LogP contribution >= 0.6 is 0 Å². The molecule has 0 amide bonds. The molecule has 0 N–H and O–H groups in total. The molecule has 1 heteroatoms. The summed E-state index contributed by atoms with van der Waals surface area (Å²) in [6, 6.07) is 2.03. The van der Waals surface area contributed by atoms with Crippen LogP contribution in [0.25, 0.3) is 0 Å². The molecule has 54 valence electrons. The molecule has 1 saturated carbocycles. The van der Waals surface area contributed by atoms with E-state index >= 15 is 0 Å². The summed E-state index contributed by atoms with van der Waals surface area (Å²) >= 11 is 0. The molecule has 1 fully saturated rings. The molecule has 0 spiro atoms. The van der Waals surface area contributed by atoms with E-state index in [1.807, 2.05) is 6.07 Å². The lowest BCUT2D eigenvalue weighted by molar-refractivity contribution is 0.419. The summed E-state index contributed by atoms with van der Waals surface area (Å²) in [6.07, 6.45) is 10.3. The van der Waals surface area contributed by atoms with Crippen molar-refractivity contribution in [1.82, 2.24) is 0 Å². The molecule has 0 aromatic carbocycles. The highest BCUT2D eigenvalue weighted by atomic mass is 14.2. The molecule has 0 saturated heterocycles. The first-order valence-corrected chi connectivity index (χ1v) is 4.00. The lowest BCUT2D eigenvalue weighted by Gasteiger charge is -2.16. The molecule has 0 unspecified atom stereocenters. The van der Waals surface area contributed by atoms with E-state index in [1.54, 1.807) is 6.08 Å². The quantitative estimate of drug-likeness (QED) is 0.507. The second kappa shape index (κ2) is 4.11. The Kier molecular flexibility index (Phi) is 3.02. The van der Waals surface area contributed by atoms with E-state index in [1.165, 1.54) is 32.1 Å². The van der Waals surface area contributed by atoms with Crippen LogP contribution in [0.3, 0.4) is 0 Å². The average molecular weight is 135 g/mol. The van der Waals surface area contributed by atoms with Crippen molar-refractivity contribution in [3.63, 3.8) is 0 Å². The van der Waals surface area contributed by atoms with Gasteiger partial charge in [-0.3, -0.25) is 0 Å². The van der Waals surface area contributed by atoms with Crippen molar-refractivity contribution in [2.75, 3.05) is 0 Å². The minimum absolute atomic E-state index is 0.702. The summed E-state index contributed by atoms with van der Waals surface area (Å²) in [5.74, 6) is 0.702. The highest BCUT2D eigenvalue weighted by Crippen LogP contribution is 2.24. The maximum absolute atomic E-state index is 8.26. The molecule has 0 atom stereocenters. The molecule has 0 bridgehead atoms. The van der Waals surface area contributed by atoms with Gasteiger partial charge in [0, 0.05) is 6.08 Å². The van der Waals surface area contributed by atoms with E-state index in [2.05, 4.69) is 6.08 Å². The van der Waals surface area contributed by atoms with E-state index < -0.39 is 0 Å². The van der Waals surface area contributed by atoms with Crippen LogP contribution in [0.2, 0.25) is 0 Å². The van der Waals surface area contributed by atoms with Crippen LogP contribution in [0, 0.1) is 17.2 Å². The summed E-state index contributed by atoms with van der Waals surface area (Å²) in [7, 11) is 0. The van der Waals surface area contributed by atoms with Crippen molar-refractivity contribution < 1.29 is 0 Å². The number of hydrogen-bond donors (Lipinski definition) is 0. The number of nitrogens with zero attached hydrogens (tertiary/aromatic N) is 1. The Morgan fingerprint density at radius 1 is 1.20 bits per heavy atom. The van der Waals surface area contributed by atoms with Crippen molar-refractivity contribution in [3.05, 3.63) is 12.2 Å². The van der Waals surface area contributed by atoms with Crippen molar-refractivity contribution in [2.24, 2.45) is 5.92 Å². The summed E-state index contributed by atoms with van der Waals surface area (Å²) in [5.41, 5.74) is 0. The van der Waals surface area contributed by atoms with Gasteiger partial charge in [-0.25, -0.2) is 0 Å². The molecule has 10 heavy (non-hydrogen) atoms. The zero-order valence-electron chi connectivity index (χ0n) is 6.21. The Bertz CT molecular complexity index is 147. The SMILES string of the molecule is N#C/C=C/C1CCCCC1. The fourth-order valence-electron chi connectivity index (χ4n) is 1.51. The van der Waals surface area contributed by atoms with Crippen molar-refractivity contribution in [1.29, 1.82) is 5.26 Å². The zero-order valence-corrected chi connectivity index (χ0v) is 6.21. The molecule has 0 aromatic rings. The molecular formula is C9H13N. The van der Waals surface area contributed by atoms with Crippen molar-refractivity contribution in [3.8, 4) is 6.07 Å². The van der Waals surface area contributed by atoms with Gasteiger partial charge in [-0.2, -0.15) is 5.26 Å². The fraction of sp³-hybridized carbons (Fsp3) is 0.667. The monoisotopic (exact) mass is 135 g/mol. The zero-order chi connectivity index (χ0) is 7.23. The second-order valence-electron chi connectivity index (χ2n) is 2.89. The van der Waals surface area contributed by atoms with Crippen molar-refractivity contribution >= 4 is 0 Å².